The maximum atomic E-state index is 4.92. The summed E-state index contributed by atoms with van der Waals surface area (Å²) in [5.41, 5.74) is 1.50. The van der Waals surface area contributed by atoms with Gasteiger partial charge in [-0.25, -0.2) is 4.98 Å². The summed E-state index contributed by atoms with van der Waals surface area (Å²) in [5, 5.41) is 1.21. The van der Waals surface area contributed by atoms with Gasteiger partial charge in [0.05, 0.1) is 10.2 Å². The van der Waals surface area contributed by atoms with Gasteiger partial charge in [-0.3, -0.25) is 4.90 Å². The average molecular weight is 346 g/mol. The minimum Gasteiger partial charge on any atom is -0.342 e. The molecule has 24 heavy (non-hydrogen) atoms. The molecule has 2 aromatic rings. The van der Waals surface area contributed by atoms with Crippen molar-refractivity contribution in [1.29, 1.82) is 0 Å². The fourth-order valence-corrected chi connectivity index (χ4v) is 4.78. The Balaban J connectivity index is 1.80. The maximum Gasteiger partial charge on any atom is 0.186 e. The molecule has 1 aromatic carbocycles. The zero-order valence-corrected chi connectivity index (χ0v) is 16.6. The van der Waals surface area contributed by atoms with E-state index in [2.05, 4.69) is 68.7 Å². The van der Waals surface area contributed by atoms with Gasteiger partial charge in [-0.2, -0.15) is 0 Å². The van der Waals surface area contributed by atoms with Gasteiger partial charge in [0.25, 0.3) is 0 Å². The van der Waals surface area contributed by atoms with Crippen LogP contribution in [0.3, 0.4) is 0 Å². The van der Waals surface area contributed by atoms with Crippen LogP contribution in [0.2, 0.25) is 0 Å². The molecule has 0 spiro atoms. The molecule has 4 heteroatoms. The molecule has 0 bridgehead atoms. The molecule has 0 radical (unpaired) electrons. The molecule has 1 aliphatic rings. The van der Waals surface area contributed by atoms with Crippen molar-refractivity contribution in [2.75, 3.05) is 31.1 Å². The van der Waals surface area contributed by atoms with Gasteiger partial charge >= 0.3 is 0 Å². The van der Waals surface area contributed by atoms with Crippen LogP contribution >= 0.6 is 11.3 Å². The van der Waals surface area contributed by atoms with Crippen molar-refractivity contribution >= 4 is 26.7 Å². The number of hydrogen-bond donors (Lipinski definition) is 0. The Labute approximate surface area is 150 Å². The van der Waals surface area contributed by atoms with Gasteiger partial charge in [0.2, 0.25) is 0 Å². The molecule has 0 amide bonds. The van der Waals surface area contributed by atoms with E-state index in [1.165, 1.54) is 22.8 Å². The molecule has 1 atom stereocenters. The van der Waals surface area contributed by atoms with Crippen LogP contribution in [-0.4, -0.2) is 42.1 Å². The number of fused-ring (bicyclic) bond motifs is 1. The molecule has 1 unspecified atom stereocenters. The predicted octanol–water partition coefficient (Wildman–Crippen LogP) is 4.88. The number of benzene rings is 1. The molecular formula is C20H31N3S. The minimum atomic E-state index is 0.362. The summed E-state index contributed by atoms with van der Waals surface area (Å²) in [7, 11) is 0. The third kappa shape index (κ3) is 4.28. The fraction of sp³-hybridized carbons (Fsp3) is 0.650. The van der Waals surface area contributed by atoms with Crippen LogP contribution in [0, 0.1) is 11.3 Å². The maximum absolute atomic E-state index is 4.92. The summed E-state index contributed by atoms with van der Waals surface area (Å²) in [6, 6.07) is 9.07. The quantitative estimate of drug-likeness (QED) is 0.787. The second kappa shape index (κ2) is 7.01. The summed E-state index contributed by atoms with van der Waals surface area (Å²) in [6.07, 6.45) is 1.23. The van der Waals surface area contributed by atoms with E-state index in [1.807, 2.05) is 11.3 Å². The van der Waals surface area contributed by atoms with Crippen LogP contribution in [0.25, 0.3) is 10.2 Å². The molecule has 2 heterocycles. The van der Waals surface area contributed by atoms with Crippen molar-refractivity contribution in [2.45, 2.75) is 47.1 Å². The van der Waals surface area contributed by atoms with Crippen molar-refractivity contribution < 1.29 is 0 Å². The van der Waals surface area contributed by atoms with Gasteiger partial charge in [0.15, 0.2) is 5.13 Å². The topological polar surface area (TPSA) is 19.4 Å². The molecule has 132 valence electrons. The highest BCUT2D eigenvalue weighted by molar-refractivity contribution is 7.22. The SMILES string of the molecule is CC(C)CC1CN(CC(C)(C)C)CCN1c1nc2ccccc2s1. The van der Waals surface area contributed by atoms with Gasteiger partial charge in [-0.05, 0) is 29.9 Å². The lowest BCUT2D eigenvalue weighted by molar-refractivity contribution is 0.154. The zero-order chi connectivity index (χ0) is 17.3. The lowest BCUT2D eigenvalue weighted by atomic mass is 9.94. The molecule has 3 rings (SSSR count). The van der Waals surface area contributed by atoms with Gasteiger partial charge in [-0.15, -0.1) is 0 Å². The van der Waals surface area contributed by atoms with Crippen LogP contribution in [0.15, 0.2) is 24.3 Å². The Morgan fingerprint density at radius 3 is 2.62 bits per heavy atom. The molecule has 1 fully saturated rings. The number of thiazole rings is 1. The standard InChI is InChI=1S/C20H31N3S/c1-15(2)12-16-13-22(14-20(3,4)5)10-11-23(16)19-21-17-8-6-7-9-18(17)24-19/h6-9,15-16H,10-14H2,1-5H3. The highest BCUT2D eigenvalue weighted by Gasteiger charge is 2.31. The Kier molecular flexibility index (Phi) is 5.16. The van der Waals surface area contributed by atoms with E-state index in [4.69, 9.17) is 4.98 Å². The fourth-order valence-electron chi connectivity index (χ4n) is 3.71. The third-order valence-electron chi connectivity index (χ3n) is 4.54. The van der Waals surface area contributed by atoms with E-state index >= 15 is 0 Å². The molecule has 0 N–H and O–H groups in total. The smallest absolute Gasteiger partial charge is 0.186 e. The number of hydrogen-bond acceptors (Lipinski definition) is 4. The molecule has 3 nitrogen and oxygen atoms in total. The Morgan fingerprint density at radius 2 is 1.96 bits per heavy atom. The van der Waals surface area contributed by atoms with E-state index in [0.29, 0.717) is 17.4 Å². The van der Waals surface area contributed by atoms with E-state index in [9.17, 15) is 0 Å². The van der Waals surface area contributed by atoms with E-state index in [-0.39, 0.29) is 0 Å². The summed E-state index contributed by atoms with van der Waals surface area (Å²) < 4.78 is 1.30. The van der Waals surface area contributed by atoms with Gasteiger partial charge in [-0.1, -0.05) is 58.1 Å². The first kappa shape index (κ1) is 17.7. The first-order valence-corrected chi connectivity index (χ1v) is 9.98. The van der Waals surface area contributed by atoms with E-state index in [1.54, 1.807) is 0 Å². The Bertz CT molecular complexity index is 638. The second-order valence-corrected chi connectivity index (χ2v) is 9.75. The van der Waals surface area contributed by atoms with E-state index < -0.39 is 0 Å². The highest BCUT2D eigenvalue weighted by Crippen LogP contribution is 2.32. The Hall–Kier alpha value is -1.13. The molecule has 0 aliphatic carbocycles. The number of aromatic nitrogens is 1. The number of rotatable bonds is 4. The highest BCUT2D eigenvalue weighted by atomic mass is 32.1. The van der Waals surface area contributed by atoms with Crippen LogP contribution in [0.5, 0.6) is 0 Å². The molecule has 1 saturated heterocycles. The van der Waals surface area contributed by atoms with Gasteiger partial charge in [0, 0.05) is 32.2 Å². The molecule has 0 saturated carbocycles. The van der Waals surface area contributed by atoms with Crippen molar-refractivity contribution in [1.82, 2.24) is 9.88 Å². The summed E-state index contributed by atoms with van der Waals surface area (Å²) >= 11 is 1.85. The number of nitrogens with zero attached hydrogens (tertiary/aromatic N) is 3. The first-order chi connectivity index (χ1) is 11.3. The van der Waals surface area contributed by atoms with Crippen LogP contribution in [0.1, 0.15) is 41.0 Å². The van der Waals surface area contributed by atoms with E-state index in [0.717, 1.165) is 25.2 Å². The van der Waals surface area contributed by atoms with Gasteiger partial charge < -0.3 is 4.90 Å². The predicted molar refractivity (Wildman–Crippen MR) is 106 cm³/mol. The summed E-state index contributed by atoms with van der Waals surface area (Å²) in [6.45, 7) is 16.2. The van der Waals surface area contributed by atoms with Crippen molar-refractivity contribution in [3.05, 3.63) is 24.3 Å². The zero-order valence-electron chi connectivity index (χ0n) is 15.7. The van der Waals surface area contributed by atoms with Crippen molar-refractivity contribution in [2.24, 2.45) is 11.3 Å². The van der Waals surface area contributed by atoms with Crippen molar-refractivity contribution in [3.8, 4) is 0 Å². The molecule has 1 aliphatic heterocycles. The summed E-state index contributed by atoms with van der Waals surface area (Å²) in [5.74, 6) is 0.710. The Morgan fingerprint density at radius 1 is 1.21 bits per heavy atom. The van der Waals surface area contributed by atoms with Crippen LogP contribution < -0.4 is 4.90 Å². The van der Waals surface area contributed by atoms with Crippen LogP contribution in [-0.2, 0) is 0 Å². The second-order valence-electron chi connectivity index (χ2n) is 8.74. The molecular weight excluding hydrogens is 314 g/mol. The van der Waals surface area contributed by atoms with Crippen LogP contribution in [0.4, 0.5) is 5.13 Å². The number of para-hydroxylation sites is 1. The minimum absolute atomic E-state index is 0.362. The molecule has 1 aromatic heterocycles. The normalized spacial score (nSPS) is 20.2. The third-order valence-corrected chi connectivity index (χ3v) is 5.61. The number of anilines is 1. The lowest BCUT2D eigenvalue weighted by Crippen LogP contribution is -2.55. The largest absolute Gasteiger partial charge is 0.342 e. The lowest BCUT2D eigenvalue weighted by Gasteiger charge is -2.44. The van der Waals surface area contributed by atoms with Gasteiger partial charge in [0.1, 0.15) is 0 Å². The van der Waals surface area contributed by atoms with Crippen molar-refractivity contribution in [3.63, 3.8) is 0 Å². The summed E-state index contributed by atoms with van der Waals surface area (Å²) in [4.78, 5) is 10.1. The average Bonchev–Trinajstić information content (AvgIpc) is 2.88. The monoisotopic (exact) mass is 345 g/mol. The first-order valence-electron chi connectivity index (χ1n) is 9.16. The number of piperazine rings is 1.